The lowest BCUT2D eigenvalue weighted by atomic mass is 9.98. The van der Waals surface area contributed by atoms with Gasteiger partial charge in [-0.05, 0) is 47.5 Å². The third-order valence-electron chi connectivity index (χ3n) is 7.93. The predicted molar refractivity (Wildman–Crippen MR) is 162 cm³/mol. The Balaban J connectivity index is 1.21. The maximum absolute atomic E-state index is 6.12. The third kappa shape index (κ3) is 3.01. The minimum atomic E-state index is 0.881. The molecular formula is C36H20N2O2. The van der Waals surface area contributed by atoms with Crippen LogP contribution >= 0.6 is 0 Å². The molecule has 0 aliphatic rings. The van der Waals surface area contributed by atoms with E-state index in [9.17, 15) is 0 Å². The third-order valence-corrected chi connectivity index (χ3v) is 7.93. The number of para-hydroxylation sites is 2. The molecule has 5 aromatic carbocycles. The molecule has 9 rings (SSSR count). The Kier molecular flexibility index (Phi) is 4.30. The quantitative estimate of drug-likeness (QED) is 0.216. The molecule has 4 nitrogen and oxygen atoms in total. The zero-order valence-electron chi connectivity index (χ0n) is 21.3. The Morgan fingerprint density at radius 3 is 1.38 bits per heavy atom. The smallest absolute Gasteiger partial charge is 0.136 e. The van der Waals surface area contributed by atoms with Crippen molar-refractivity contribution in [1.82, 2.24) is 9.97 Å². The minimum Gasteiger partial charge on any atom is -0.456 e. The lowest BCUT2D eigenvalue weighted by Gasteiger charge is -2.09. The summed E-state index contributed by atoms with van der Waals surface area (Å²) in [5, 5.41) is 6.56. The lowest BCUT2D eigenvalue weighted by molar-refractivity contribution is 0.668. The Hall–Kier alpha value is -5.48. The van der Waals surface area contributed by atoms with E-state index in [2.05, 4.69) is 48.5 Å². The van der Waals surface area contributed by atoms with Crippen LogP contribution in [0.3, 0.4) is 0 Å². The van der Waals surface area contributed by atoms with Gasteiger partial charge >= 0.3 is 0 Å². The van der Waals surface area contributed by atoms with E-state index >= 15 is 0 Å². The van der Waals surface area contributed by atoms with Gasteiger partial charge in [0.15, 0.2) is 0 Å². The monoisotopic (exact) mass is 512 g/mol. The fraction of sp³-hybridized carbons (Fsp3) is 0. The highest BCUT2D eigenvalue weighted by Gasteiger charge is 2.15. The number of nitrogens with zero attached hydrogens (tertiary/aromatic N) is 2. The van der Waals surface area contributed by atoms with Crippen molar-refractivity contribution in [3.05, 3.63) is 122 Å². The first kappa shape index (κ1) is 21.5. The molecule has 0 aliphatic carbocycles. The zero-order valence-corrected chi connectivity index (χ0v) is 21.3. The van der Waals surface area contributed by atoms with Crippen LogP contribution in [-0.2, 0) is 0 Å². The summed E-state index contributed by atoms with van der Waals surface area (Å²) in [6.45, 7) is 0. The standard InChI is InChI=1S/C36H20N2O2/c1-3-11-29-27(7-1)33-25(9-5-13-31(33)39-29)23-17-21-15-16-22-18-24(20-38-36(22)35(21)37-19-23)26-10-6-14-32-34(26)28-8-2-4-12-30(28)40-32/h1-20H. The summed E-state index contributed by atoms with van der Waals surface area (Å²) in [6.07, 6.45) is 3.90. The Morgan fingerprint density at radius 1 is 0.425 bits per heavy atom. The predicted octanol–water partition coefficient (Wildman–Crippen LogP) is 9.92. The van der Waals surface area contributed by atoms with E-state index in [1.54, 1.807) is 0 Å². The molecule has 0 saturated carbocycles. The number of aromatic nitrogens is 2. The van der Waals surface area contributed by atoms with Crippen LogP contribution in [0.4, 0.5) is 0 Å². The normalized spacial score (nSPS) is 12.0. The van der Waals surface area contributed by atoms with E-state index < -0.39 is 0 Å². The van der Waals surface area contributed by atoms with Gasteiger partial charge in [-0.2, -0.15) is 0 Å². The summed E-state index contributed by atoms with van der Waals surface area (Å²) in [5.41, 5.74) is 9.67. The number of hydrogen-bond acceptors (Lipinski definition) is 4. The lowest BCUT2D eigenvalue weighted by Crippen LogP contribution is -1.89. The molecule has 9 aromatic rings. The van der Waals surface area contributed by atoms with Crippen molar-refractivity contribution in [2.24, 2.45) is 0 Å². The molecule has 0 N–H and O–H groups in total. The van der Waals surface area contributed by atoms with E-state index in [0.29, 0.717) is 0 Å². The maximum atomic E-state index is 6.12. The number of fused-ring (bicyclic) bond motifs is 9. The average Bonchev–Trinajstić information content (AvgIpc) is 3.59. The van der Waals surface area contributed by atoms with Crippen LogP contribution in [0.15, 0.2) is 130 Å². The van der Waals surface area contributed by atoms with Crippen LogP contribution < -0.4 is 0 Å². The molecule has 186 valence electrons. The SMILES string of the molecule is c1ccc2c(c1)oc1cccc(-c3cnc4c(ccc5cc(-c6cccc7oc8ccccc8c67)cnc54)c3)c12. The second-order valence-corrected chi connectivity index (χ2v) is 10.2. The van der Waals surface area contributed by atoms with Gasteiger partial charge in [0.2, 0.25) is 0 Å². The largest absolute Gasteiger partial charge is 0.456 e. The van der Waals surface area contributed by atoms with Gasteiger partial charge in [0.25, 0.3) is 0 Å². The summed E-state index contributed by atoms with van der Waals surface area (Å²) < 4.78 is 12.2. The van der Waals surface area contributed by atoms with Crippen LogP contribution in [0.25, 0.3) is 87.9 Å². The van der Waals surface area contributed by atoms with Crippen molar-refractivity contribution in [2.75, 3.05) is 0 Å². The van der Waals surface area contributed by atoms with Crippen molar-refractivity contribution in [3.63, 3.8) is 0 Å². The summed E-state index contributed by atoms with van der Waals surface area (Å²) in [5.74, 6) is 0. The second-order valence-electron chi connectivity index (χ2n) is 10.2. The highest BCUT2D eigenvalue weighted by atomic mass is 16.3. The minimum absolute atomic E-state index is 0.881. The van der Waals surface area contributed by atoms with Crippen LogP contribution in [0.1, 0.15) is 0 Å². The maximum Gasteiger partial charge on any atom is 0.136 e. The fourth-order valence-electron chi connectivity index (χ4n) is 6.12. The topological polar surface area (TPSA) is 52.1 Å². The molecule has 4 heteroatoms. The summed E-state index contributed by atoms with van der Waals surface area (Å²) in [4.78, 5) is 9.87. The zero-order chi connectivity index (χ0) is 26.2. The van der Waals surface area contributed by atoms with Crippen LogP contribution in [-0.4, -0.2) is 9.97 Å². The molecule has 0 unspecified atom stereocenters. The van der Waals surface area contributed by atoms with Gasteiger partial charge in [0, 0.05) is 55.8 Å². The van der Waals surface area contributed by atoms with Crippen LogP contribution in [0.2, 0.25) is 0 Å². The molecule has 0 radical (unpaired) electrons. The molecule has 0 amide bonds. The number of furan rings is 2. The van der Waals surface area contributed by atoms with Gasteiger partial charge in [0.1, 0.15) is 22.3 Å². The van der Waals surface area contributed by atoms with Gasteiger partial charge < -0.3 is 8.83 Å². The van der Waals surface area contributed by atoms with Crippen molar-refractivity contribution in [2.45, 2.75) is 0 Å². The fourth-order valence-corrected chi connectivity index (χ4v) is 6.12. The highest BCUT2D eigenvalue weighted by molar-refractivity contribution is 6.15. The van der Waals surface area contributed by atoms with Gasteiger partial charge in [-0.1, -0.05) is 72.8 Å². The summed E-state index contributed by atoms with van der Waals surface area (Å²) in [6, 6.07) is 37.4. The van der Waals surface area contributed by atoms with E-state index in [0.717, 1.165) is 87.9 Å². The molecule has 0 fully saturated rings. The van der Waals surface area contributed by atoms with Crippen molar-refractivity contribution < 1.29 is 8.83 Å². The van der Waals surface area contributed by atoms with Crippen molar-refractivity contribution in [1.29, 1.82) is 0 Å². The summed E-state index contributed by atoms with van der Waals surface area (Å²) >= 11 is 0. The number of rotatable bonds is 2. The van der Waals surface area contributed by atoms with E-state index in [4.69, 9.17) is 18.8 Å². The van der Waals surface area contributed by atoms with Gasteiger partial charge in [0.05, 0.1) is 11.0 Å². The molecule has 0 bridgehead atoms. The molecule has 0 aliphatic heterocycles. The Labute approximate surface area is 228 Å². The van der Waals surface area contributed by atoms with Crippen molar-refractivity contribution >= 4 is 65.7 Å². The molecular weight excluding hydrogens is 492 g/mol. The molecule has 0 atom stereocenters. The van der Waals surface area contributed by atoms with Crippen molar-refractivity contribution in [3.8, 4) is 22.3 Å². The van der Waals surface area contributed by atoms with Gasteiger partial charge in [-0.3, -0.25) is 9.97 Å². The number of hydrogen-bond donors (Lipinski definition) is 0. The first-order valence-corrected chi connectivity index (χ1v) is 13.3. The molecule has 40 heavy (non-hydrogen) atoms. The highest BCUT2D eigenvalue weighted by Crippen LogP contribution is 2.39. The second kappa shape index (κ2) is 8.01. The average molecular weight is 513 g/mol. The molecule has 4 aromatic heterocycles. The first-order valence-electron chi connectivity index (χ1n) is 13.3. The molecule has 0 spiro atoms. The first-order chi connectivity index (χ1) is 19.8. The molecule has 4 heterocycles. The van der Waals surface area contributed by atoms with Gasteiger partial charge in [-0.25, -0.2) is 0 Å². The Morgan fingerprint density at radius 2 is 0.875 bits per heavy atom. The van der Waals surface area contributed by atoms with E-state index in [-0.39, 0.29) is 0 Å². The van der Waals surface area contributed by atoms with Crippen LogP contribution in [0.5, 0.6) is 0 Å². The number of benzene rings is 5. The summed E-state index contributed by atoms with van der Waals surface area (Å²) in [7, 11) is 0. The Bertz CT molecular complexity index is 2280. The van der Waals surface area contributed by atoms with Crippen LogP contribution in [0, 0.1) is 0 Å². The molecule has 0 saturated heterocycles. The van der Waals surface area contributed by atoms with E-state index in [1.807, 2.05) is 73.1 Å². The number of pyridine rings is 2. The van der Waals surface area contributed by atoms with Gasteiger partial charge in [-0.15, -0.1) is 0 Å². The van der Waals surface area contributed by atoms with E-state index in [1.165, 1.54) is 0 Å².